The zero-order chi connectivity index (χ0) is 26.4. The van der Waals surface area contributed by atoms with Crippen LogP contribution >= 0.6 is 0 Å². The van der Waals surface area contributed by atoms with Gasteiger partial charge in [0.05, 0.1) is 17.5 Å². The molecule has 0 radical (unpaired) electrons. The fourth-order valence-corrected chi connectivity index (χ4v) is 4.71. The Bertz CT molecular complexity index is 1220. The van der Waals surface area contributed by atoms with Crippen LogP contribution in [0.5, 0.6) is 0 Å². The molecule has 196 valence electrons. The molecular weight excluding hydrogens is 487 g/mol. The first kappa shape index (κ1) is 26.3. The van der Waals surface area contributed by atoms with Crippen molar-refractivity contribution in [3.63, 3.8) is 0 Å². The smallest absolute Gasteiger partial charge is 0.475 e. The summed E-state index contributed by atoms with van der Waals surface area (Å²) in [6, 6.07) is 14.1. The fraction of sp³-hybridized carbons (Fsp3) is 0.385. The van der Waals surface area contributed by atoms with E-state index in [4.69, 9.17) is 9.90 Å². The number of hydrogen-bond acceptors (Lipinski definition) is 5. The lowest BCUT2D eigenvalue weighted by molar-refractivity contribution is -0.192. The summed E-state index contributed by atoms with van der Waals surface area (Å²) in [6.07, 6.45) is 3.68. The number of alkyl halides is 3. The third-order valence-electron chi connectivity index (χ3n) is 6.48. The van der Waals surface area contributed by atoms with Crippen LogP contribution < -0.4 is 5.32 Å². The molecule has 1 aromatic carbocycles. The average Bonchev–Trinajstić information content (AvgIpc) is 3.50. The number of aromatic nitrogens is 3. The van der Waals surface area contributed by atoms with E-state index < -0.39 is 12.1 Å². The molecule has 0 atom stereocenters. The van der Waals surface area contributed by atoms with Gasteiger partial charge in [0.2, 0.25) is 0 Å². The number of nitrogens with one attached hydrogen (secondary N) is 1. The topological polar surface area (TPSA) is 100 Å². The Morgan fingerprint density at radius 1 is 1.05 bits per heavy atom. The number of hydrogen-bond donors (Lipinski definition) is 2. The molecule has 3 aromatic rings. The van der Waals surface area contributed by atoms with E-state index in [1.165, 1.54) is 25.7 Å². The molecule has 5 rings (SSSR count). The molecular formula is C26H28F3N5O3. The number of carboxylic acid groups (broad SMARTS) is 1. The third-order valence-corrected chi connectivity index (χ3v) is 6.48. The van der Waals surface area contributed by atoms with Crippen molar-refractivity contribution in [1.29, 1.82) is 0 Å². The summed E-state index contributed by atoms with van der Waals surface area (Å²) in [5.74, 6) is -1.26. The molecule has 1 fully saturated rings. The number of amides is 1. The second-order valence-corrected chi connectivity index (χ2v) is 9.19. The minimum absolute atomic E-state index is 0.0831. The van der Waals surface area contributed by atoms with E-state index in [0.29, 0.717) is 18.7 Å². The van der Waals surface area contributed by atoms with Crippen LogP contribution in [0, 0.1) is 5.92 Å². The number of nitrogens with zero attached hydrogens (tertiary/aromatic N) is 4. The summed E-state index contributed by atoms with van der Waals surface area (Å²) >= 11 is 0. The van der Waals surface area contributed by atoms with E-state index in [9.17, 15) is 18.0 Å². The lowest BCUT2D eigenvalue weighted by Gasteiger charge is -2.24. The highest BCUT2D eigenvalue weighted by Crippen LogP contribution is 2.29. The largest absolute Gasteiger partial charge is 0.490 e. The zero-order valence-electron chi connectivity index (χ0n) is 20.1. The van der Waals surface area contributed by atoms with Crippen LogP contribution in [0.3, 0.4) is 0 Å². The summed E-state index contributed by atoms with van der Waals surface area (Å²) in [4.78, 5) is 29.0. The molecule has 2 aliphatic rings. The number of aliphatic carboxylic acids is 1. The number of fused-ring (bicyclic) bond motifs is 3. The predicted molar refractivity (Wildman–Crippen MR) is 129 cm³/mol. The lowest BCUT2D eigenvalue weighted by Crippen LogP contribution is -2.29. The van der Waals surface area contributed by atoms with Crippen LogP contribution in [-0.2, 0) is 24.4 Å². The quantitative estimate of drug-likeness (QED) is 0.525. The van der Waals surface area contributed by atoms with Gasteiger partial charge < -0.3 is 10.4 Å². The van der Waals surface area contributed by atoms with Gasteiger partial charge in [-0.3, -0.25) is 9.69 Å². The van der Waals surface area contributed by atoms with Gasteiger partial charge in [-0.2, -0.15) is 18.3 Å². The van der Waals surface area contributed by atoms with Crippen LogP contribution in [0.2, 0.25) is 0 Å². The van der Waals surface area contributed by atoms with Crippen molar-refractivity contribution in [2.75, 3.05) is 6.54 Å². The molecule has 0 bridgehead atoms. The third kappa shape index (κ3) is 6.73. The summed E-state index contributed by atoms with van der Waals surface area (Å²) < 4.78 is 33.6. The number of carboxylic acids is 1. The maximum atomic E-state index is 13.0. The molecule has 2 aromatic heterocycles. The van der Waals surface area contributed by atoms with Gasteiger partial charge in [0.25, 0.3) is 5.91 Å². The first-order valence-electron chi connectivity index (χ1n) is 12.1. The first-order valence-corrected chi connectivity index (χ1v) is 12.1. The van der Waals surface area contributed by atoms with Crippen molar-refractivity contribution >= 4 is 11.9 Å². The minimum Gasteiger partial charge on any atom is -0.475 e. The summed E-state index contributed by atoms with van der Waals surface area (Å²) in [5.41, 5.74) is 3.81. The Balaban J connectivity index is 0.000000405. The van der Waals surface area contributed by atoms with Gasteiger partial charge in [0.15, 0.2) is 5.82 Å². The molecule has 1 saturated carbocycles. The number of halogens is 3. The Kier molecular flexibility index (Phi) is 8.22. The second kappa shape index (κ2) is 11.5. The molecule has 37 heavy (non-hydrogen) atoms. The van der Waals surface area contributed by atoms with E-state index in [1.807, 2.05) is 41.1 Å². The minimum atomic E-state index is -5.08. The second-order valence-electron chi connectivity index (χ2n) is 9.19. The molecule has 0 saturated heterocycles. The molecule has 0 spiro atoms. The van der Waals surface area contributed by atoms with Gasteiger partial charge in [0.1, 0.15) is 0 Å². The van der Waals surface area contributed by atoms with Gasteiger partial charge in [-0.05, 0) is 30.4 Å². The molecule has 11 heteroatoms. The highest BCUT2D eigenvalue weighted by Gasteiger charge is 2.38. The van der Waals surface area contributed by atoms with Crippen LogP contribution in [0.25, 0.3) is 5.82 Å². The number of carbonyl (C=O) groups excluding carboxylic acids is 1. The molecule has 1 aliphatic heterocycles. The molecule has 2 N–H and O–H groups in total. The Morgan fingerprint density at radius 2 is 1.76 bits per heavy atom. The van der Waals surface area contributed by atoms with E-state index >= 15 is 0 Å². The standard InChI is InChI=1S/C24H27N5O.C2HF3O2/c30-24(26-13-18-7-2-1-3-8-18)21-14-27-29-22(21)17-28(15-19-9-4-5-10-19)16-20-11-6-12-25-23(20)29;3-2(4,5)1(6)7/h1-3,6-8,11-12,14,19H,4-5,9-10,13,15-17H2,(H,26,30);(H,6,7). The van der Waals surface area contributed by atoms with Crippen molar-refractivity contribution in [3.8, 4) is 5.82 Å². The van der Waals surface area contributed by atoms with Crippen molar-refractivity contribution < 1.29 is 27.9 Å². The first-order chi connectivity index (χ1) is 17.7. The van der Waals surface area contributed by atoms with Crippen LogP contribution in [0.1, 0.15) is 52.9 Å². The van der Waals surface area contributed by atoms with Crippen LogP contribution in [0.15, 0.2) is 54.9 Å². The SMILES string of the molecule is O=C(NCc1ccccc1)c1cnn2c1CN(CC1CCCC1)Cc1cccnc1-2.O=C(O)C(F)(F)F. The molecule has 0 unspecified atom stereocenters. The molecule has 1 amide bonds. The summed E-state index contributed by atoms with van der Waals surface area (Å²) in [7, 11) is 0. The molecule has 3 heterocycles. The van der Waals surface area contributed by atoms with Crippen molar-refractivity contribution in [3.05, 3.63) is 77.2 Å². The summed E-state index contributed by atoms with van der Waals surface area (Å²) in [5, 5.41) is 14.7. The maximum absolute atomic E-state index is 13.0. The lowest BCUT2D eigenvalue weighted by atomic mass is 10.1. The number of benzene rings is 1. The van der Waals surface area contributed by atoms with Gasteiger partial charge >= 0.3 is 12.1 Å². The van der Waals surface area contributed by atoms with E-state index in [0.717, 1.165) is 41.6 Å². The zero-order valence-corrected chi connectivity index (χ0v) is 20.1. The number of carbonyl (C=O) groups is 2. The maximum Gasteiger partial charge on any atom is 0.490 e. The van der Waals surface area contributed by atoms with E-state index in [-0.39, 0.29) is 5.91 Å². The Morgan fingerprint density at radius 3 is 2.43 bits per heavy atom. The van der Waals surface area contributed by atoms with Crippen molar-refractivity contribution in [2.24, 2.45) is 5.92 Å². The van der Waals surface area contributed by atoms with Crippen LogP contribution in [0.4, 0.5) is 13.2 Å². The van der Waals surface area contributed by atoms with Gasteiger partial charge in [-0.1, -0.05) is 49.2 Å². The molecule has 8 nitrogen and oxygen atoms in total. The highest BCUT2D eigenvalue weighted by molar-refractivity contribution is 5.95. The monoisotopic (exact) mass is 515 g/mol. The van der Waals surface area contributed by atoms with E-state index in [1.54, 1.807) is 12.4 Å². The molecule has 1 aliphatic carbocycles. The Hall–Kier alpha value is -3.73. The average molecular weight is 516 g/mol. The van der Waals surface area contributed by atoms with Crippen LogP contribution in [-0.4, -0.2) is 49.4 Å². The van der Waals surface area contributed by atoms with Gasteiger partial charge in [0, 0.05) is 37.9 Å². The fourth-order valence-electron chi connectivity index (χ4n) is 4.71. The number of rotatable bonds is 5. The summed E-state index contributed by atoms with van der Waals surface area (Å²) in [6.45, 7) is 3.12. The van der Waals surface area contributed by atoms with Crippen molar-refractivity contribution in [2.45, 2.75) is 51.5 Å². The Labute approximate surface area is 212 Å². The van der Waals surface area contributed by atoms with Gasteiger partial charge in [-0.15, -0.1) is 0 Å². The highest BCUT2D eigenvalue weighted by atomic mass is 19.4. The number of pyridine rings is 1. The van der Waals surface area contributed by atoms with Crippen molar-refractivity contribution in [1.82, 2.24) is 25.0 Å². The normalized spacial score (nSPS) is 15.6. The predicted octanol–water partition coefficient (Wildman–Crippen LogP) is 4.34. The van der Waals surface area contributed by atoms with E-state index in [2.05, 4.69) is 26.4 Å². The van der Waals surface area contributed by atoms with Gasteiger partial charge in [-0.25, -0.2) is 14.5 Å².